The molecule has 0 saturated carbocycles. The van der Waals surface area contributed by atoms with Crippen molar-refractivity contribution in [1.82, 2.24) is 4.98 Å². The molecule has 0 saturated heterocycles. The van der Waals surface area contributed by atoms with E-state index in [1.54, 1.807) is 36.0 Å². The Kier molecular flexibility index (Phi) is 5.46. The Hall–Kier alpha value is -2.24. The second-order valence-electron chi connectivity index (χ2n) is 5.49. The highest BCUT2D eigenvalue weighted by Crippen LogP contribution is 2.26. The highest BCUT2D eigenvalue weighted by Gasteiger charge is 2.07. The summed E-state index contributed by atoms with van der Waals surface area (Å²) in [6.07, 6.45) is 2.03. The molecule has 1 aromatic heterocycles. The van der Waals surface area contributed by atoms with Gasteiger partial charge < -0.3 is 10.1 Å². The van der Waals surface area contributed by atoms with Crippen LogP contribution in [-0.2, 0) is 11.4 Å². The lowest BCUT2D eigenvalue weighted by Gasteiger charge is -2.10. The molecule has 0 bridgehead atoms. The van der Waals surface area contributed by atoms with Gasteiger partial charge in [0.25, 0.3) is 0 Å². The highest BCUT2D eigenvalue weighted by molar-refractivity contribution is 7.98. The van der Waals surface area contributed by atoms with Gasteiger partial charge >= 0.3 is 0 Å². The van der Waals surface area contributed by atoms with Crippen LogP contribution in [0.15, 0.2) is 53.4 Å². The number of nitrogens with one attached hydrogen (secondary N) is 1. The largest absolute Gasteiger partial charge is 0.489 e. The van der Waals surface area contributed by atoms with Crippen LogP contribution < -0.4 is 10.1 Å². The molecule has 0 aliphatic rings. The number of thioether (sulfide) groups is 1. The van der Waals surface area contributed by atoms with Crippen molar-refractivity contribution >= 4 is 45.9 Å². The number of carbonyl (C=O) groups is 1. The van der Waals surface area contributed by atoms with Crippen LogP contribution >= 0.6 is 23.4 Å². The third kappa shape index (κ3) is 4.44. The molecule has 0 radical (unpaired) electrons. The van der Waals surface area contributed by atoms with Gasteiger partial charge in [0, 0.05) is 28.5 Å². The van der Waals surface area contributed by atoms with Crippen molar-refractivity contribution in [1.29, 1.82) is 0 Å². The number of nitrogens with zero attached hydrogens (tertiary/aromatic N) is 1. The van der Waals surface area contributed by atoms with Gasteiger partial charge in [-0.15, -0.1) is 11.8 Å². The molecule has 0 aliphatic heterocycles. The van der Waals surface area contributed by atoms with Gasteiger partial charge in [-0.05, 0) is 48.7 Å². The molecule has 1 N–H and O–H groups in total. The maximum Gasteiger partial charge on any atom is 0.221 e. The quantitative estimate of drug-likeness (QED) is 0.497. The van der Waals surface area contributed by atoms with E-state index in [4.69, 9.17) is 16.3 Å². The first-order chi connectivity index (χ1) is 12.0. The number of ether oxygens (including phenoxy) is 1. The van der Waals surface area contributed by atoms with E-state index in [-0.39, 0.29) is 5.91 Å². The molecule has 25 heavy (non-hydrogen) atoms. The normalized spacial score (nSPS) is 10.7. The molecule has 4 nitrogen and oxygen atoms in total. The topological polar surface area (TPSA) is 51.2 Å². The molecule has 0 fully saturated rings. The standard InChI is InChI=1S/C19H17ClN2O2S/c1-12(23)21-15-4-6-16(7-5-15)24-11-14-9-13-3-8-17(25-2)10-18(13)22-19(14)20/h3-10H,11H2,1-2H3,(H,21,23). The van der Waals surface area contributed by atoms with Crippen molar-refractivity contribution in [3.63, 3.8) is 0 Å². The van der Waals surface area contributed by atoms with Gasteiger partial charge in [0.1, 0.15) is 17.5 Å². The van der Waals surface area contributed by atoms with Crippen molar-refractivity contribution in [3.8, 4) is 5.75 Å². The lowest BCUT2D eigenvalue weighted by Crippen LogP contribution is -2.05. The minimum absolute atomic E-state index is 0.104. The number of benzene rings is 2. The van der Waals surface area contributed by atoms with Crippen LogP contribution in [0.25, 0.3) is 10.9 Å². The van der Waals surface area contributed by atoms with Gasteiger partial charge in [-0.2, -0.15) is 0 Å². The Morgan fingerprint density at radius 3 is 2.64 bits per heavy atom. The molecule has 3 rings (SSSR count). The maximum absolute atomic E-state index is 11.0. The third-order valence-corrected chi connectivity index (χ3v) is 4.67. The van der Waals surface area contributed by atoms with E-state index in [1.807, 2.05) is 24.5 Å². The summed E-state index contributed by atoms with van der Waals surface area (Å²) >= 11 is 7.97. The summed E-state index contributed by atoms with van der Waals surface area (Å²) in [6.45, 7) is 1.80. The first-order valence-electron chi connectivity index (χ1n) is 7.69. The lowest BCUT2D eigenvalue weighted by atomic mass is 10.1. The van der Waals surface area contributed by atoms with Gasteiger partial charge in [-0.3, -0.25) is 4.79 Å². The summed E-state index contributed by atoms with van der Waals surface area (Å²) in [4.78, 5) is 16.6. The van der Waals surface area contributed by atoms with E-state index in [1.165, 1.54) is 6.92 Å². The number of carbonyl (C=O) groups excluding carboxylic acids is 1. The van der Waals surface area contributed by atoms with Crippen molar-refractivity contribution < 1.29 is 9.53 Å². The van der Waals surface area contributed by atoms with Crippen LogP contribution in [0.2, 0.25) is 5.15 Å². The molecule has 2 aromatic carbocycles. The van der Waals surface area contributed by atoms with E-state index in [0.29, 0.717) is 17.5 Å². The minimum atomic E-state index is -0.104. The van der Waals surface area contributed by atoms with Gasteiger partial charge in [0.05, 0.1) is 5.52 Å². The van der Waals surface area contributed by atoms with Crippen LogP contribution in [0.1, 0.15) is 12.5 Å². The van der Waals surface area contributed by atoms with Crippen molar-refractivity contribution in [2.45, 2.75) is 18.4 Å². The number of anilines is 1. The van der Waals surface area contributed by atoms with Crippen molar-refractivity contribution in [2.24, 2.45) is 0 Å². The zero-order chi connectivity index (χ0) is 17.8. The third-order valence-electron chi connectivity index (χ3n) is 3.62. The van der Waals surface area contributed by atoms with E-state index < -0.39 is 0 Å². The Balaban J connectivity index is 1.74. The van der Waals surface area contributed by atoms with Gasteiger partial charge in [-0.1, -0.05) is 17.7 Å². The number of hydrogen-bond donors (Lipinski definition) is 1. The minimum Gasteiger partial charge on any atom is -0.489 e. The number of halogens is 1. The molecule has 6 heteroatoms. The summed E-state index contributed by atoms with van der Waals surface area (Å²) in [6, 6.07) is 15.3. The molecular weight excluding hydrogens is 356 g/mol. The van der Waals surface area contributed by atoms with Gasteiger partial charge in [0.15, 0.2) is 0 Å². The van der Waals surface area contributed by atoms with Crippen LogP contribution in [0.4, 0.5) is 5.69 Å². The maximum atomic E-state index is 11.0. The lowest BCUT2D eigenvalue weighted by molar-refractivity contribution is -0.114. The monoisotopic (exact) mass is 372 g/mol. The SMILES string of the molecule is CSc1ccc2cc(COc3ccc(NC(C)=O)cc3)c(Cl)nc2c1. The molecule has 128 valence electrons. The predicted octanol–water partition coefficient (Wildman–Crippen LogP) is 5.15. The van der Waals surface area contributed by atoms with E-state index >= 15 is 0 Å². The summed E-state index contributed by atoms with van der Waals surface area (Å²) in [7, 11) is 0. The Morgan fingerprint density at radius 1 is 1.20 bits per heavy atom. The number of amides is 1. The van der Waals surface area contributed by atoms with E-state index in [9.17, 15) is 4.79 Å². The zero-order valence-corrected chi connectivity index (χ0v) is 15.4. The van der Waals surface area contributed by atoms with Crippen LogP contribution in [0, 0.1) is 0 Å². The van der Waals surface area contributed by atoms with Crippen LogP contribution in [0.5, 0.6) is 5.75 Å². The first kappa shape index (κ1) is 17.6. The van der Waals surface area contributed by atoms with Gasteiger partial charge in [0.2, 0.25) is 5.91 Å². The Labute approximate surface area is 155 Å². The van der Waals surface area contributed by atoms with Crippen LogP contribution in [0.3, 0.4) is 0 Å². The number of aromatic nitrogens is 1. The molecule has 1 amide bonds. The Bertz CT molecular complexity index is 913. The molecular formula is C19H17ClN2O2S. The fourth-order valence-corrected chi connectivity index (χ4v) is 3.03. The summed E-state index contributed by atoms with van der Waals surface area (Å²) < 4.78 is 5.79. The fraction of sp³-hybridized carbons (Fsp3) is 0.158. The molecule has 3 aromatic rings. The highest BCUT2D eigenvalue weighted by atomic mass is 35.5. The first-order valence-corrected chi connectivity index (χ1v) is 9.29. The number of pyridine rings is 1. The molecule has 0 spiro atoms. The number of fused-ring (bicyclic) bond motifs is 1. The van der Waals surface area contributed by atoms with Gasteiger partial charge in [-0.25, -0.2) is 4.98 Å². The summed E-state index contributed by atoms with van der Waals surface area (Å²) in [5.41, 5.74) is 2.44. The fourth-order valence-electron chi connectivity index (χ4n) is 2.39. The smallest absolute Gasteiger partial charge is 0.221 e. The summed E-state index contributed by atoms with van der Waals surface area (Å²) in [5, 5.41) is 4.19. The van der Waals surface area contributed by atoms with Crippen molar-refractivity contribution in [3.05, 3.63) is 59.2 Å². The van der Waals surface area contributed by atoms with Crippen molar-refractivity contribution in [2.75, 3.05) is 11.6 Å². The molecule has 0 aliphatic carbocycles. The second-order valence-corrected chi connectivity index (χ2v) is 6.73. The number of hydrogen-bond acceptors (Lipinski definition) is 4. The number of rotatable bonds is 5. The van der Waals surface area contributed by atoms with E-state index in [0.717, 1.165) is 27.0 Å². The molecule has 0 atom stereocenters. The second kappa shape index (κ2) is 7.76. The Morgan fingerprint density at radius 2 is 1.96 bits per heavy atom. The molecule has 0 unspecified atom stereocenters. The predicted molar refractivity (Wildman–Crippen MR) is 104 cm³/mol. The van der Waals surface area contributed by atoms with E-state index in [2.05, 4.69) is 16.4 Å². The average molecular weight is 373 g/mol. The molecule has 1 heterocycles. The summed E-state index contributed by atoms with van der Waals surface area (Å²) in [5.74, 6) is 0.593. The average Bonchev–Trinajstić information content (AvgIpc) is 2.60. The van der Waals surface area contributed by atoms with Crippen LogP contribution in [-0.4, -0.2) is 17.1 Å². The zero-order valence-electron chi connectivity index (χ0n) is 13.9.